The normalized spacial score (nSPS) is 48.0. The zero-order chi connectivity index (χ0) is 9.64. The van der Waals surface area contributed by atoms with Gasteiger partial charge in [-0.2, -0.15) is 0 Å². The number of fused-ring (bicyclic) bond motifs is 1. The number of hydrogen-bond donors (Lipinski definition) is 0. The second-order valence-corrected chi connectivity index (χ2v) is 4.50. The molecule has 0 spiro atoms. The van der Waals surface area contributed by atoms with Gasteiger partial charge in [0.1, 0.15) is 6.10 Å². The van der Waals surface area contributed by atoms with E-state index in [9.17, 15) is 0 Å². The molecule has 0 bridgehead atoms. The summed E-state index contributed by atoms with van der Waals surface area (Å²) in [6, 6.07) is 0. The Bertz CT molecular complexity index is 207. The third-order valence-electron chi connectivity index (χ3n) is 2.47. The smallest absolute Gasteiger partial charge is 0.189 e. The summed E-state index contributed by atoms with van der Waals surface area (Å²) in [4.78, 5) is 0. The molecule has 0 N–H and O–H groups in total. The van der Waals surface area contributed by atoms with Crippen LogP contribution in [0, 0.1) is 0 Å². The molecule has 13 heavy (non-hydrogen) atoms. The molecule has 2 aliphatic rings. The fourth-order valence-corrected chi connectivity index (χ4v) is 2.27. The first-order valence-corrected chi connectivity index (χ1v) is 5.12. The van der Waals surface area contributed by atoms with Crippen molar-refractivity contribution in [2.75, 3.05) is 0 Å². The molecule has 2 aliphatic heterocycles. The number of hydrogen-bond acceptors (Lipinski definition) is 3. The molecular weight excluding hydrogens is 192 g/mol. The van der Waals surface area contributed by atoms with E-state index in [4.69, 9.17) is 25.8 Å². The van der Waals surface area contributed by atoms with Gasteiger partial charge in [-0.05, 0) is 20.3 Å². The summed E-state index contributed by atoms with van der Waals surface area (Å²) in [5.74, 6) is -0.554. The fourth-order valence-electron chi connectivity index (χ4n) is 1.86. The van der Waals surface area contributed by atoms with Crippen LogP contribution >= 0.6 is 11.6 Å². The zero-order valence-corrected chi connectivity index (χ0v) is 8.88. The predicted molar refractivity (Wildman–Crippen MR) is 48.6 cm³/mol. The molecule has 76 valence electrons. The summed E-state index contributed by atoms with van der Waals surface area (Å²) in [5.41, 5.74) is 0. The van der Waals surface area contributed by atoms with Gasteiger partial charge in [-0.15, -0.1) is 11.6 Å². The van der Waals surface area contributed by atoms with Gasteiger partial charge in [0.2, 0.25) is 0 Å². The van der Waals surface area contributed by atoms with Gasteiger partial charge >= 0.3 is 0 Å². The second kappa shape index (κ2) is 3.09. The topological polar surface area (TPSA) is 27.7 Å². The Morgan fingerprint density at radius 1 is 1.31 bits per heavy atom. The monoisotopic (exact) mass is 206 g/mol. The molecule has 4 heteroatoms. The van der Waals surface area contributed by atoms with Crippen LogP contribution in [0.2, 0.25) is 0 Å². The lowest BCUT2D eigenvalue weighted by molar-refractivity contribution is -0.204. The van der Waals surface area contributed by atoms with Crippen LogP contribution in [0.15, 0.2) is 0 Å². The van der Waals surface area contributed by atoms with Crippen molar-refractivity contribution in [3.8, 4) is 0 Å². The first-order chi connectivity index (χ1) is 6.03. The van der Waals surface area contributed by atoms with Gasteiger partial charge in [-0.3, -0.25) is 0 Å². The maximum Gasteiger partial charge on any atom is 0.189 e. The molecule has 0 radical (unpaired) electrons. The van der Waals surface area contributed by atoms with Gasteiger partial charge in [0.25, 0.3) is 0 Å². The minimum absolute atomic E-state index is 0.0627. The summed E-state index contributed by atoms with van der Waals surface area (Å²) >= 11 is 6.18. The predicted octanol–water partition coefficient (Wildman–Crippen LogP) is 1.88. The summed E-state index contributed by atoms with van der Waals surface area (Å²) < 4.78 is 16.8. The fraction of sp³-hybridized carbons (Fsp3) is 1.00. The van der Waals surface area contributed by atoms with Crippen molar-refractivity contribution in [2.45, 2.75) is 56.9 Å². The molecular formula is C9H15ClO3. The number of rotatable bonds is 1. The highest BCUT2D eigenvalue weighted by atomic mass is 35.5. The first kappa shape index (κ1) is 9.71. The van der Waals surface area contributed by atoms with Crippen LogP contribution in [0.1, 0.15) is 27.2 Å². The van der Waals surface area contributed by atoms with Crippen molar-refractivity contribution >= 4 is 11.6 Å². The average molecular weight is 207 g/mol. The minimum Gasteiger partial charge on any atom is -0.345 e. The highest BCUT2D eigenvalue weighted by Gasteiger charge is 2.53. The minimum atomic E-state index is -0.554. The summed E-state index contributed by atoms with van der Waals surface area (Å²) in [5, 5.41) is -0.0863. The van der Waals surface area contributed by atoms with Crippen molar-refractivity contribution in [3.63, 3.8) is 0 Å². The van der Waals surface area contributed by atoms with E-state index in [-0.39, 0.29) is 23.9 Å². The Morgan fingerprint density at radius 3 is 2.54 bits per heavy atom. The Labute approximate surface area is 83.3 Å². The van der Waals surface area contributed by atoms with Crippen molar-refractivity contribution < 1.29 is 14.2 Å². The van der Waals surface area contributed by atoms with Crippen LogP contribution in [0.25, 0.3) is 0 Å². The SMILES string of the molecule is CC[C@H]1O[C@@H]2OC(C)(C)O[C@@H]2[C@H]1Cl. The largest absolute Gasteiger partial charge is 0.345 e. The zero-order valence-electron chi connectivity index (χ0n) is 8.12. The van der Waals surface area contributed by atoms with Gasteiger partial charge in [0.05, 0.1) is 11.5 Å². The Kier molecular flexibility index (Phi) is 2.31. The van der Waals surface area contributed by atoms with Gasteiger partial charge in [-0.25, -0.2) is 0 Å². The third-order valence-corrected chi connectivity index (χ3v) is 3.00. The molecule has 0 aromatic rings. The second-order valence-electron chi connectivity index (χ2n) is 4.00. The van der Waals surface area contributed by atoms with E-state index in [1.165, 1.54) is 0 Å². The summed E-state index contributed by atoms with van der Waals surface area (Å²) in [6.45, 7) is 5.80. The van der Waals surface area contributed by atoms with Crippen molar-refractivity contribution in [1.29, 1.82) is 0 Å². The van der Waals surface area contributed by atoms with Gasteiger partial charge in [-0.1, -0.05) is 6.92 Å². The van der Waals surface area contributed by atoms with Crippen LogP contribution in [0.5, 0.6) is 0 Å². The molecule has 0 aromatic heterocycles. The lowest BCUT2D eigenvalue weighted by atomic mass is 10.1. The van der Waals surface area contributed by atoms with Crippen LogP contribution in [0.4, 0.5) is 0 Å². The van der Waals surface area contributed by atoms with E-state index < -0.39 is 5.79 Å². The standard InChI is InChI=1S/C9H15ClO3/c1-4-5-6(10)7-8(11-5)13-9(2,3)12-7/h5-8H,4H2,1-3H3/t5-,6+,7-,8-/m1/s1. The maximum absolute atomic E-state index is 6.18. The molecule has 2 rings (SSSR count). The van der Waals surface area contributed by atoms with Crippen LogP contribution in [-0.2, 0) is 14.2 Å². The molecule has 0 aromatic carbocycles. The quantitative estimate of drug-likeness (QED) is 0.614. The molecule has 0 amide bonds. The average Bonchev–Trinajstić information content (AvgIpc) is 2.47. The summed E-state index contributed by atoms with van der Waals surface area (Å²) in [6.07, 6.45) is 0.575. The molecule has 0 unspecified atom stereocenters. The first-order valence-electron chi connectivity index (χ1n) is 4.68. The number of alkyl halides is 1. The molecule has 3 nitrogen and oxygen atoms in total. The number of halogens is 1. The highest BCUT2D eigenvalue weighted by Crippen LogP contribution is 2.40. The van der Waals surface area contributed by atoms with Crippen LogP contribution < -0.4 is 0 Å². The van der Waals surface area contributed by atoms with Crippen molar-refractivity contribution in [2.24, 2.45) is 0 Å². The molecule has 4 atom stereocenters. The molecule has 2 heterocycles. The van der Waals surface area contributed by atoms with E-state index in [1.54, 1.807) is 0 Å². The van der Waals surface area contributed by atoms with Crippen LogP contribution in [-0.4, -0.2) is 29.7 Å². The van der Waals surface area contributed by atoms with Crippen molar-refractivity contribution in [1.82, 2.24) is 0 Å². The van der Waals surface area contributed by atoms with Crippen LogP contribution in [0.3, 0.4) is 0 Å². The Morgan fingerprint density at radius 2 is 2.00 bits per heavy atom. The van der Waals surface area contributed by atoms with Gasteiger partial charge in [0.15, 0.2) is 12.1 Å². The maximum atomic E-state index is 6.18. The van der Waals surface area contributed by atoms with E-state index in [1.807, 2.05) is 20.8 Å². The summed E-state index contributed by atoms with van der Waals surface area (Å²) in [7, 11) is 0. The van der Waals surface area contributed by atoms with Gasteiger partial charge in [0, 0.05) is 0 Å². The molecule has 2 fully saturated rings. The van der Waals surface area contributed by atoms with E-state index in [2.05, 4.69) is 0 Å². The lowest BCUT2D eigenvalue weighted by Gasteiger charge is -2.21. The van der Waals surface area contributed by atoms with E-state index in [0.29, 0.717) is 0 Å². The molecule has 0 aliphatic carbocycles. The van der Waals surface area contributed by atoms with E-state index >= 15 is 0 Å². The third kappa shape index (κ3) is 1.59. The van der Waals surface area contributed by atoms with E-state index in [0.717, 1.165) is 6.42 Å². The van der Waals surface area contributed by atoms with Crippen molar-refractivity contribution in [3.05, 3.63) is 0 Å². The number of ether oxygens (including phenoxy) is 3. The lowest BCUT2D eigenvalue weighted by Crippen LogP contribution is -2.30. The van der Waals surface area contributed by atoms with Gasteiger partial charge < -0.3 is 14.2 Å². The highest BCUT2D eigenvalue weighted by molar-refractivity contribution is 6.21. The Hall–Kier alpha value is 0.170. The Balaban J connectivity index is 2.07. The molecule has 0 saturated carbocycles. The molecule has 2 saturated heterocycles.